The highest BCUT2D eigenvalue weighted by molar-refractivity contribution is 7.89. The minimum absolute atomic E-state index is 0.339. The molecule has 0 N–H and O–H groups in total. The van der Waals surface area contributed by atoms with Crippen LogP contribution in [0.5, 0.6) is 5.75 Å². The van der Waals surface area contributed by atoms with Gasteiger partial charge in [0.2, 0.25) is 10.0 Å². The summed E-state index contributed by atoms with van der Waals surface area (Å²) >= 11 is 1.54. The molecule has 0 atom stereocenters. The third kappa shape index (κ3) is 5.38. The minimum atomic E-state index is -3.42. The van der Waals surface area contributed by atoms with Gasteiger partial charge in [0.1, 0.15) is 5.75 Å². The molecule has 0 saturated carbocycles. The molecule has 0 amide bonds. The van der Waals surface area contributed by atoms with Crippen LogP contribution in [-0.2, 0) is 21.3 Å². The summed E-state index contributed by atoms with van der Waals surface area (Å²) in [5.74, 6) is 0.819. The Balaban J connectivity index is 1.65. The second-order valence-electron chi connectivity index (χ2n) is 7.72. The Hall–Kier alpha value is -2.46. The Bertz CT molecular complexity index is 1220. The van der Waals surface area contributed by atoms with Gasteiger partial charge in [0.15, 0.2) is 4.80 Å². The van der Waals surface area contributed by atoms with Crippen molar-refractivity contribution in [2.45, 2.75) is 31.2 Å². The molecule has 1 fully saturated rings. The molecule has 0 unspecified atom stereocenters. The topological polar surface area (TPSA) is 73.1 Å². The molecule has 3 aromatic rings. The summed E-state index contributed by atoms with van der Waals surface area (Å²) in [6, 6.07) is 14.8. The fourth-order valence-electron chi connectivity index (χ4n) is 3.82. The lowest BCUT2D eigenvalue weighted by atomic mass is 10.2. The zero-order valence-electron chi connectivity index (χ0n) is 18.9. The number of hydrogen-bond acceptors (Lipinski definition) is 6. The molecule has 1 saturated heterocycles. The van der Waals surface area contributed by atoms with Crippen LogP contribution in [0.2, 0.25) is 0 Å². The largest absolute Gasteiger partial charge is 0.494 e. The normalized spacial score (nSPS) is 15.3. The second kappa shape index (κ2) is 10.6. The molecule has 0 bridgehead atoms. The molecule has 2 aromatic carbocycles. The van der Waals surface area contributed by atoms with E-state index in [0.29, 0.717) is 37.7 Å². The highest BCUT2D eigenvalue weighted by Crippen LogP contribution is 2.26. The molecule has 9 heteroatoms. The van der Waals surface area contributed by atoms with Crippen molar-refractivity contribution < 1.29 is 17.9 Å². The summed E-state index contributed by atoms with van der Waals surface area (Å²) in [5.41, 5.74) is 2.76. The molecule has 0 radical (unpaired) electrons. The number of ether oxygens (including phenoxy) is 2. The van der Waals surface area contributed by atoms with Gasteiger partial charge in [-0.1, -0.05) is 12.1 Å². The van der Waals surface area contributed by atoms with Crippen molar-refractivity contribution in [3.63, 3.8) is 0 Å². The maximum atomic E-state index is 12.8. The molecule has 2 heterocycles. The first-order valence-corrected chi connectivity index (χ1v) is 13.4. The molecule has 1 aliphatic rings. The van der Waals surface area contributed by atoms with Gasteiger partial charge in [-0.2, -0.15) is 4.31 Å². The average molecular weight is 488 g/mol. The van der Waals surface area contributed by atoms with Crippen LogP contribution in [0.4, 0.5) is 5.69 Å². The highest BCUT2D eigenvalue weighted by Gasteiger charge is 2.27. The van der Waals surface area contributed by atoms with Crippen LogP contribution >= 0.6 is 11.3 Å². The Morgan fingerprint density at radius 1 is 1.03 bits per heavy atom. The number of hydrogen-bond donors (Lipinski definition) is 0. The minimum Gasteiger partial charge on any atom is -0.494 e. The van der Waals surface area contributed by atoms with E-state index in [0.717, 1.165) is 40.3 Å². The fourth-order valence-corrected chi connectivity index (χ4v) is 6.29. The number of benzene rings is 2. The number of nitrogens with zero attached hydrogens (tertiary/aromatic N) is 3. The van der Waals surface area contributed by atoms with Crippen molar-refractivity contribution in [1.82, 2.24) is 8.87 Å². The van der Waals surface area contributed by atoms with Gasteiger partial charge in [-0.05, 0) is 61.7 Å². The average Bonchev–Trinajstić information content (AvgIpc) is 3.50. The summed E-state index contributed by atoms with van der Waals surface area (Å²) in [5, 5.41) is 2.05. The third-order valence-electron chi connectivity index (χ3n) is 5.54. The van der Waals surface area contributed by atoms with Gasteiger partial charge >= 0.3 is 0 Å². The van der Waals surface area contributed by atoms with E-state index in [1.165, 1.54) is 0 Å². The number of methoxy groups -OCH3 is 1. The Morgan fingerprint density at radius 2 is 1.73 bits per heavy atom. The van der Waals surface area contributed by atoms with Crippen LogP contribution in [0.25, 0.3) is 11.3 Å². The standard InChI is InChI=1S/C24H29N3O4S2/c1-3-31-21-10-8-20(9-11-21)25-24-27(16-17-30-2)23(18-32-24)19-6-12-22(13-7-19)33(28,29)26-14-4-5-15-26/h6-13,18H,3-5,14-17H2,1-2H3. The highest BCUT2D eigenvalue weighted by atomic mass is 32.2. The predicted octanol–water partition coefficient (Wildman–Crippen LogP) is 4.28. The van der Waals surface area contributed by atoms with Crippen LogP contribution in [0.3, 0.4) is 0 Å². The van der Waals surface area contributed by atoms with Crippen molar-refractivity contribution in [1.29, 1.82) is 0 Å². The van der Waals surface area contributed by atoms with Crippen molar-refractivity contribution in [2.75, 3.05) is 33.4 Å². The molecular formula is C24H29N3O4S2. The summed E-state index contributed by atoms with van der Waals surface area (Å²) in [7, 11) is -1.75. The van der Waals surface area contributed by atoms with Gasteiger partial charge in [0.05, 0.1) is 29.5 Å². The molecular weight excluding hydrogens is 458 g/mol. The quantitative estimate of drug-likeness (QED) is 0.452. The summed E-state index contributed by atoms with van der Waals surface area (Å²) in [6.45, 7) is 4.96. The summed E-state index contributed by atoms with van der Waals surface area (Å²) < 4.78 is 40.2. The van der Waals surface area contributed by atoms with Crippen LogP contribution in [0.1, 0.15) is 19.8 Å². The van der Waals surface area contributed by atoms with Gasteiger partial charge in [-0.15, -0.1) is 11.3 Å². The second-order valence-corrected chi connectivity index (χ2v) is 10.5. The van der Waals surface area contributed by atoms with Crippen molar-refractivity contribution in [2.24, 2.45) is 4.99 Å². The number of thiazole rings is 1. The zero-order valence-corrected chi connectivity index (χ0v) is 20.6. The van der Waals surface area contributed by atoms with E-state index in [-0.39, 0.29) is 0 Å². The van der Waals surface area contributed by atoms with Gasteiger partial charge in [0, 0.05) is 32.1 Å². The zero-order chi connectivity index (χ0) is 23.3. The van der Waals surface area contributed by atoms with E-state index in [1.807, 2.05) is 48.7 Å². The van der Waals surface area contributed by atoms with Crippen molar-refractivity contribution >= 4 is 27.0 Å². The SMILES string of the molecule is CCOc1ccc(N=c2scc(-c3ccc(S(=O)(=O)N4CCCC4)cc3)n2CCOC)cc1. The first kappa shape index (κ1) is 23.7. The maximum Gasteiger partial charge on any atom is 0.243 e. The van der Waals surface area contributed by atoms with E-state index >= 15 is 0 Å². The molecule has 176 valence electrons. The Labute approximate surface area is 199 Å². The molecule has 7 nitrogen and oxygen atoms in total. The fraction of sp³-hybridized carbons (Fsp3) is 0.375. The Morgan fingerprint density at radius 3 is 2.36 bits per heavy atom. The predicted molar refractivity (Wildman–Crippen MR) is 130 cm³/mol. The lowest BCUT2D eigenvalue weighted by Gasteiger charge is -2.16. The summed E-state index contributed by atoms with van der Waals surface area (Å²) in [6.07, 6.45) is 1.85. The molecule has 1 aliphatic heterocycles. The van der Waals surface area contributed by atoms with E-state index in [1.54, 1.807) is 34.9 Å². The van der Waals surface area contributed by atoms with E-state index in [2.05, 4.69) is 4.57 Å². The van der Waals surface area contributed by atoms with Gasteiger partial charge in [-0.3, -0.25) is 0 Å². The third-order valence-corrected chi connectivity index (χ3v) is 8.32. The van der Waals surface area contributed by atoms with Gasteiger partial charge < -0.3 is 14.0 Å². The molecule has 0 aliphatic carbocycles. The molecule has 0 spiro atoms. The van der Waals surface area contributed by atoms with E-state index in [9.17, 15) is 8.42 Å². The van der Waals surface area contributed by atoms with Crippen molar-refractivity contribution in [3.8, 4) is 17.0 Å². The molecule has 33 heavy (non-hydrogen) atoms. The lowest BCUT2D eigenvalue weighted by Crippen LogP contribution is -2.27. The summed E-state index contributed by atoms with van der Waals surface area (Å²) in [4.78, 5) is 6.00. The van der Waals surface area contributed by atoms with E-state index < -0.39 is 10.0 Å². The lowest BCUT2D eigenvalue weighted by molar-refractivity contribution is 0.187. The van der Waals surface area contributed by atoms with E-state index in [4.69, 9.17) is 14.5 Å². The number of sulfonamides is 1. The maximum absolute atomic E-state index is 12.8. The molecule has 1 aromatic heterocycles. The monoisotopic (exact) mass is 487 g/mol. The molecule has 4 rings (SSSR count). The van der Waals surface area contributed by atoms with Crippen LogP contribution in [0.15, 0.2) is 63.8 Å². The first-order chi connectivity index (χ1) is 16.0. The smallest absolute Gasteiger partial charge is 0.243 e. The first-order valence-electron chi connectivity index (χ1n) is 11.1. The number of aromatic nitrogens is 1. The van der Waals surface area contributed by atoms with Crippen LogP contribution in [0, 0.1) is 0 Å². The van der Waals surface area contributed by atoms with Gasteiger partial charge in [-0.25, -0.2) is 13.4 Å². The van der Waals surface area contributed by atoms with Crippen LogP contribution in [-0.4, -0.2) is 50.7 Å². The van der Waals surface area contributed by atoms with Gasteiger partial charge in [0.25, 0.3) is 0 Å². The number of rotatable bonds is 9. The van der Waals surface area contributed by atoms with Crippen molar-refractivity contribution in [3.05, 3.63) is 58.7 Å². The Kier molecular flexibility index (Phi) is 7.64. The van der Waals surface area contributed by atoms with Crippen LogP contribution < -0.4 is 9.54 Å².